The molecule has 0 aromatic carbocycles. The topological polar surface area (TPSA) is 87.6 Å². The average molecular weight is 266 g/mol. The van der Waals surface area contributed by atoms with Gasteiger partial charge in [-0.2, -0.15) is 0 Å². The molecule has 0 radical (unpaired) electrons. The molecule has 1 aliphatic heterocycles. The Balaban J connectivity index is 2.18. The van der Waals surface area contributed by atoms with Crippen LogP contribution in [0.1, 0.15) is 29.3 Å². The van der Waals surface area contributed by atoms with E-state index in [1.165, 1.54) is 5.38 Å². The molecule has 2 amide bonds. The summed E-state index contributed by atoms with van der Waals surface area (Å²) in [6.45, 7) is 3.21. The van der Waals surface area contributed by atoms with Crippen molar-refractivity contribution < 1.29 is 19.5 Å². The van der Waals surface area contributed by atoms with Crippen LogP contribution in [-0.2, 0) is 16.1 Å². The highest BCUT2D eigenvalue weighted by Crippen LogP contribution is 2.23. The van der Waals surface area contributed by atoms with Gasteiger partial charge in [0.25, 0.3) is 11.8 Å². The molecule has 1 aromatic rings. The van der Waals surface area contributed by atoms with Crippen LogP contribution in [0.4, 0.5) is 0 Å². The molecule has 0 unspecified atom stereocenters. The number of amides is 2. The number of carbonyl (C=O) groups is 3. The number of thiazole rings is 1. The van der Waals surface area contributed by atoms with Gasteiger partial charge in [0.05, 0.1) is 6.54 Å². The van der Waals surface area contributed by atoms with Crippen molar-refractivity contribution in [2.75, 3.05) is 0 Å². The van der Waals surface area contributed by atoms with E-state index in [9.17, 15) is 14.4 Å². The molecule has 0 bridgehead atoms. The molecule has 94 valence electrons. The molecule has 0 spiro atoms. The SMILES string of the molecule is CC1=C(C)C(=O)N(Cc2nc(C(=O)O)cs2)C1=O. The van der Waals surface area contributed by atoms with Gasteiger partial charge in [-0.3, -0.25) is 14.5 Å². The number of hydrogen-bond acceptors (Lipinski definition) is 5. The molecule has 0 aliphatic carbocycles. The Morgan fingerprint density at radius 2 is 1.89 bits per heavy atom. The molecule has 1 N–H and O–H groups in total. The predicted molar refractivity (Wildman–Crippen MR) is 63.0 cm³/mol. The van der Waals surface area contributed by atoms with Gasteiger partial charge in [-0.1, -0.05) is 0 Å². The van der Waals surface area contributed by atoms with Gasteiger partial charge in [0.1, 0.15) is 5.01 Å². The van der Waals surface area contributed by atoms with Gasteiger partial charge in [0, 0.05) is 16.5 Å². The monoisotopic (exact) mass is 266 g/mol. The van der Waals surface area contributed by atoms with Crippen LogP contribution in [0, 0.1) is 0 Å². The summed E-state index contributed by atoms with van der Waals surface area (Å²) in [4.78, 5) is 39.2. The van der Waals surface area contributed by atoms with E-state index in [2.05, 4.69) is 4.98 Å². The number of aromatic carboxylic acids is 1. The Bertz CT molecular complexity index is 564. The van der Waals surface area contributed by atoms with E-state index in [1.807, 2.05) is 0 Å². The van der Waals surface area contributed by atoms with E-state index in [0.29, 0.717) is 16.2 Å². The highest BCUT2D eigenvalue weighted by molar-refractivity contribution is 7.09. The predicted octanol–water partition coefficient (Wildman–Crippen LogP) is 1.05. The zero-order chi connectivity index (χ0) is 13.4. The van der Waals surface area contributed by atoms with Crippen molar-refractivity contribution in [3.05, 3.63) is 27.2 Å². The van der Waals surface area contributed by atoms with Crippen LogP contribution in [0.5, 0.6) is 0 Å². The molecule has 2 rings (SSSR count). The second-order valence-electron chi connectivity index (χ2n) is 3.88. The lowest BCUT2D eigenvalue weighted by Crippen LogP contribution is -2.30. The van der Waals surface area contributed by atoms with Crippen molar-refractivity contribution in [2.45, 2.75) is 20.4 Å². The molecular formula is C11H10N2O4S. The van der Waals surface area contributed by atoms with E-state index < -0.39 is 5.97 Å². The molecule has 0 atom stereocenters. The number of nitrogens with zero attached hydrogens (tertiary/aromatic N) is 2. The summed E-state index contributed by atoms with van der Waals surface area (Å²) in [6, 6.07) is 0. The van der Waals surface area contributed by atoms with Gasteiger partial charge in [0.2, 0.25) is 0 Å². The Morgan fingerprint density at radius 3 is 2.33 bits per heavy atom. The maximum Gasteiger partial charge on any atom is 0.355 e. The van der Waals surface area contributed by atoms with E-state index >= 15 is 0 Å². The average Bonchev–Trinajstić information content (AvgIpc) is 2.86. The Labute approximate surface area is 107 Å². The van der Waals surface area contributed by atoms with Crippen LogP contribution in [0.2, 0.25) is 0 Å². The third-order valence-corrected chi connectivity index (χ3v) is 3.59. The first-order valence-electron chi connectivity index (χ1n) is 5.13. The Kier molecular flexibility index (Phi) is 3.00. The summed E-state index contributed by atoms with van der Waals surface area (Å²) in [5.41, 5.74) is 0.778. The number of rotatable bonds is 3. The molecule has 0 saturated heterocycles. The van der Waals surface area contributed by atoms with E-state index in [4.69, 9.17) is 5.11 Å². The third kappa shape index (κ3) is 1.92. The maximum atomic E-state index is 11.8. The zero-order valence-corrected chi connectivity index (χ0v) is 10.6. The van der Waals surface area contributed by atoms with Gasteiger partial charge in [-0.15, -0.1) is 11.3 Å². The van der Waals surface area contributed by atoms with Crippen LogP contribution < -0.4 is 0 Å². The molecule has 1 aliphatic rings. The minimum Gasteiger partial charge on any atom is -0.476 e. The second kappa shape index (κ2) is 4.34. The zero-order valence-electron chi connectivity index (χ0n) is 9.76. The van der Waals surface area contributed by atoms with Gasteiger partial charge in [-0.05, 0) is 13.8 Å². The van der Waals surface area contributed by atoms with Gasteiger partial charge in [-0.25, -0.2) is 9.78 Å². The number of aromatic nitrogens is 1. The second-order valence-corrected chi connectivity index (χ2v) is 4.82. The first-order valence-corrected chi connectivity index (χ1v) is 6.01. The van der Waals surface area contributed by atoms with Crippen LogP contribution in [0.3, 0.4) is 0 Å². The minimum absolute atomic E-state index is 0.0181. The number of hydrogen-bond donors (Lipinski definition) is 1. The fourth-order valence-electron chi connectivity index (χ4n) is 1.58. The van der Waals surface area contributed by atoms with Crippen molar-refractivity contribution in [3.63, 3.8) is 0 Å². The maximum absolute atomic E-state index is 11.8. The number of imide groups is 1. The van der Waals surface area contributed by atoms with E-state index in [1.54, 1.807) is 13.8 Å². The highest BCUT2D eigenvalue weighted by Gasteiger charge is 2.33. The summed E-state index contributed by atoms with van der Waals surface area (Å²) in [5.74, 6) is -1.81. The number of carboxylic acids is 1. The van der Waals surface area contributed by atoms with Crippen molar-refractivity contribution in [3.8, 4) is 0 Å². The summed E-state index contributed by atoms with van der Waals surface area (Å²) >= 11 is 1.11. The van der Waals surface area contributed by atoms with Crippen LogP contribution in [-0.4, -0.2) is 32.8 Å². The summed E-state index contributed by atoms with van der Waals surface area (Å²) in [6.07, 6.45) is 0. The first-order chi connectivity index (χ1) is 8.41. The lowest BCUT2D eigenvalue weighted by atomic mass is 10.2. The minimum atomic E-state index is -1.12. The van der Waals surface area contributed by atoms with Gasteiger partial charge in [0.15, 0.2) is 5.69 Å². The lowest BCUT2D eigenvalue weighted by molar-refractivity contribution is -0.138. The van der Waals surface area contributed by atoms with Crippen molar-refractivity contribution in [2.24, 2.45) is 0 Å². The standard InChI is InChI=1S/C11H10N2O4S/c1-5-6(2)10(15)13(9(5)14)3-8-12-7(4-18-8)11(16)17/h4H,3H2,1-2H3,(H,16,17). The summed E-state index contributed by atoms with van der Waals surface area (Å²) in [5, 5.41) is 10.5. The van der Waals surface area contributed by atoms with E-state index in [0.717, 1.165) is 16.2 Å². The smallest absolute Gasteiger partial charge is 0.355 e. The summed E-state index contributed by atoms with van der Waals surface area (Å²) in [7, 11) is 0. The number of carbonyl (C=O) groups excluding carboxylic acids is 2. The van der Waals surface area contributed by atoms with Crippen molar-refractivity contribution >= 4 is 29.1 Å². The number of carboxylic acid groups (broad SMARTS) is 1. The van der Waals surface area contributed by atoms with Crippen molar-refractivity contribution in [1.29, 1.82) is 0 Å². The molecule has 1 aromatic heterocycles. The largest absolute Gasteiger partial charge is 0.476 e. The molecule has 6 nitrogen and oxygen atoms in total. The van der Waals surface area contributed by atoms with Gasteiger partial charge >= 0.3 is 5.97 Å². The molecule has 0 saturated carbocycles. The Hall–Kier alpha value is -2.02. The third-order valence-electron chi connectivity index (χ3n) is 2.76. The molecule has 18 heavy (non-hydrogen) atoms. The Morgan fingerprint density at radius 1 is 1.33 bits per heavy atom. The fourth-order valence-corrected chi connectivity index (χ4v) is 2.33. The quantitative estimate of drug-likeness (QED) is 0.826. The van der Waals surface area contributed by atoms with Gasteiger partial charge < -0.3 is 5.11 Å². The first kappa shape index (κ1) is 12.4. The highest BCUT2D eigenvalue weighted by atomic mass is 32.1. The molecule has 2 heterocycles. The molecular weight excluding hydrogens is 256 g/mol. The summed E-state index contributed by atoms with van der Waals surface area (Å²) < 4.78 is 0. The fraction of sp³-hybridized carbons (Fsp3) is 0.273. The van der Waals surface area contributed by atoms with Crippen LogP contribution >= 0.6 is 11.3 Å². The lowest BCUT2D eigenvalue weighted by Gasteiger charge is -2.12. The normalized spacial score (nSPS) is 15.8. The van der Waals surface area contributed by atoms with Crippen molar-refractivity contribution in [1.82, 2.24) is 9.88 Å². The van der Waals surface area contributed by atoms with Crippen LogP contribution in [0.15, 0.2) is 16.5 Å². The van der Waals surface area contributed by atoms with Crippen LogP contribution in [0.25, 0.3) is 0 Å². The molecule has 7 heteroatoms. The molecule has 0 fully saturated rings. The van der Waals surface area contributed by atoms with E-state index in [-0.39, 0.29) is 24.1 Å².